The minimum atomic E-state index is -3.63. The summed E-state index contributed by atoms with van der Waals surface area (Å²) in [5.74, 6) is 0.168. The normalized spacial score (nSPS) is 19.7. The molecule has 0 N–H and O–H groups in total. The van der Waals surface area contributed by atoms with E-state index in [0.29, 0.717) is 38.2 Å². The fraction of sp³-hybridized carbons (Fsp3) is 0.545. The SMILES string of the molecule is Cc1cnc2c(S(=O)(=O)N3CCN(CC(=O)N4CCCCCC4)CC3)cccc2c1. The van der Waals surface area contributed by atoms with Crippen LogP contribution in [0.3, 0.4) is 0 Å². The number of sulfonamides is 1. The summed E-state index contributed by atoms with van der Waals surface area (Å²) in [6, 6.07) is 7.25. The van der Waals surface area contributed by atoms with Crippen LogP contribution in [0.2, 0.25) is 0 Å². The van der Waals surface area contributed by atoms with E-state index in [1.807, 2.05) is 24.0 Å². The van der Waals surface area contributed by atoms with Crippen LogP contribution in [0.5, 0.6) is 0 Å². The molecule has 0 aliphatic carbocycles. The number of nitrogens with zero attached hydrogens (tertiary/aromatic N) is 4. The highest BCUT2D eigenvalue weighted by Gasteiger charge is 2.31. The Morgan fingerprint density at radius 1 is 1.00 bits per heavy atom. The average molecular weight is 431 g/mol. The van der Waals surface area contributed by atoms with E-state index >= 15 is 0 Å². The number of hydrogen-bond acceptors (Lipinski definition) is 5. The zero-order valence-electron chi connectivity index (χ0n) is 17.6. The quantitative estimate of drug-likeness (QED) is 0.744. The van der Waals surface area contributed by atoms with Crippen molar-refractivity contribution >= 4 is 26.8 Å². The Labute approximate surface area is 178 Å². The van der Waals surface area contributed by atoms with Crippen molar-refractivity contribution in [3.05, 3.63) is 36.0 Å². The Balaban J connectivity index is 1.42. The number of fused-ring (bicyclic) bond motifs is 1. The molecular weight excluding hydrogens is 400 g/mol. The number of aryl methyl sites for hydroxylation is 1. The van der Waals surface area contributed by atoms with Crippen molar-refractivity contribution in [1.82, 2.24) is 19.1 Å². The molecule has 0 saturated carbocycles. The van der Waals surface area contributed by atoms with E-state index in [0.717, 1.165) is 36.9 Å². The van der Waals surface area contributed by atoms with Crippen molar-refractivity contribution in [2.75, 3.05) is 45.8 Å². The molecule has 0 radical (unpaired) electrons. The van der Waals surface area contributed by atoms with Crippen LogP contribution < -0.4 is 0 Å². The van der Waals surface area contributed by atoms with Crippen LogP contribution in [0.1, 0.15) is 31.2 Å². The number of benzene rings is 1. The van der Waals surface area contributed by atoms with E-state index in [9.17, 15) is 13.2 Å². The lowest BCUT2D eigenvalue weighted by atomic mass is 10.2. The number of pyridine rings is 1. The first kappa shape index (κ1) is 21.2. The zero-order chi connectivity index (χ0) is 21.1. The second-order valence-corrected chi connectivity index (χ2v) is 10.2. The van der Waals surface area contributed by atoms with E-state index in [-0.39, 0.29) is 10.8 Å². The third-order valence-electron chi connectivity index (χ3n) is 6.08. The lowest BCUT2D eigenvalue weighted by molar-refractivity contribution is -0.132. The maximum absolute atomic E-state index is 13.3. The first-order valence-electron chi connectivity index (χ1n) is 10.8. The van der Waals surface area contributed by atoms with E-state index < -0.39 is 10.0 Å². The largest absolute Gasteiger partial charge is 0.342 e. The predicted molar refractivity (Wildman–Crippen MR) is 117 cm³/mol. The van der Waals surface area contributed by atoms with E-state index in [2.05, 4.69) is 9.88 Å². The molecule has 1 aromatic carbocycles. The minimum absolute atomic E-state index is 0.168. The van der Waals surface area contributed by atoms with Gasteiger partial charge >= 0.3 is 0 Å². The van der Waals surface area contributed by atoms with Gasteiger partial charge in [-0.05, 0) is 37.5 Å². The summed E-state index contributed by atoms with van der Waals surface area (Å²) in [4.78, 5) is 21.3. The van der Waals surface area contributed by atoms with Gasteiger partial charge in [0, 0.05) is 50.9 Å². The third kappa shape index (κ3) is 4.50. The van der Waals surface area contributed by atoms with Gasteiger partial charge in [0.15, 0.2) is 0 Å². The highest BCUT2D eigenvalue weighted by Crippen LogP contribution is 2.25. The molecule has 0 atom stereocenters. The van der Waals surface area contributed by atoms with Crippen LogP contribution in [0.15, 0.2) is 35.4 Å². The van der Waals surface area contributed by atoms with Gasteiger partial charge in [-0.15, -0.1) is 0 Å². The van der Waals surface area contributed by atoms with Gasteiger partial charge in [-0.2, -0.15) is 4.31 Å². The first-order chi connectivity index (χ1) is 14.4. The van der Waals surface area contributed by atoms with Gasteiger partial charge in [0.2, 0.25) is 15.9 Å². The van der Waals surface area contributed by atoms with Gasteiger partial charge in [-0.25, -0.2) is 8.42 Å². The summed E-state index contributed by atoms with van der Waals surface area (Å²) in [6.07, 6.45) is 6.26. The molecule has 0 spiro atoms. The van der Waals surface area contributed by atoms with Crippen LogP contribution in [-0.2, 0) is 14.8 Å². The van der Waals surface area contributed by atoms with E-state index in [1.165, 1.54) is 17.1 Å². The second kappa shape index (κ2) is 8.99. The summed E-state index contributed by atoms with van der Waals surface area (Å²) >= 11 is 0. The van der Waals surface area contributed by atoms with Crippen LogP contribution in [0.4, 0.5) is 0 Å². The minimum Gasteiger partial charge on any atom is -0.342 e. The number of amides is 1. The Bertz CT molecular complexity index is 1010. The second-order valence-electron chi connectivity index (χ2n) is 8.32. The topological polar surface area (TPSA) is 73.8 Å². The number of carbonyl (C=O) groups is 1. The monoisotopic (exact) mass is 430 g/mol. The number of hydrogen-bond donors (Lipinski definition) is 0. The molecule has 0 unspecified atom stereocenters. The molecule has 1 aromatic heterocycles. The highest BCUT2D eigenvalue weighted by molar-refractivity contribution is 7.89. The fourth-order valence-corrected chi connectivity index (χ4v) is 5.92. The van der Waals surface area contributed by atoms with Crippen molar-refractivity contribution in [1.29, 1.82) is 0 Å². The van der Waals surface area contributed by atoms with Crippen LogP contribution in [0.25, 0.3) is 10.9 Å². The summed E-state index contributed by atoms with van der Waals surface area (Å²) < 4.78 is 28.1. The maximum Gasteiger partial charge on any atom is 0.245 e. The first-order valence-corrected chi connectivity index (χ1v) is 12.2. The molecule has 1 amide bonds. The molecule has 0 bridgehead atoms. The molecule has 162 valence electrons. The maximum atomic E-state index is 13.3. The van der Waals surface area contributed by atoms with Crippen LogP contribution in [0, 0.1) is 6.92 Å². The van der Waals surface area contributed by atoms with Crippen LogP contribution in [-0.4, -0.2) is 79.2 Å². The Hall–Kier alpha value is -2.03. The number of rotatable bonds is 4. The number of likely N-dealkylation sites (tertiary alicyclic amines) is 1. The van der Waals surface area contributed by atoms with Crippen molar-refractivity contribution in [3.8, 4) is 0 Å². The number of aromatic nitrogens is 1. The van der Waals surface area contributed by atoms with Gasteiger partial charge in [0.05, 0.1) is 12.1 Å². The molecule has 3 heterocycles. The number of piperazine rings is 1. The van der Waals surface area contributed by atoms with Gasteiger partial charge in [-0.3, -0.25) is 14.7 Å². The Morgan fingerprint density at radius 3 is 2.40 bits per heavy atom. The molecule has 2 aromatic rings. The van der Waals surface area contributed by atoms with Gasteiger partial charge < -0.3 is 4.90 Å². The molecule has 2 fully saturated rings. The molecule has 2 saturated heterocycles. The number of para-hydroxylation sites is 1. The summed E-state index contributed by atoms with van der Waals surface area (Å²) in [5, 5.41) is 0.831. The summed E-state index contributed by atoms with van der Waals surface area (Å²) in [6.45, 7) is 5.92. The summed E-state index contributed by atoms with van der Waals surface area (Å²) in [7, 11) is -3.63. The Morgan fingerprint density at radius 2 is 1.70 bits per heavy atom. The van der Waals surface area contributed by atoms with Gasteiger partial charge in [0.1, 0.15) is 4.90 Å². The molecule has 7 nitrogen and oxygen atoms in total. The molecule has 2 aliphatic rings. The molecule has 4 rings (SSSR count). The lowest BCUT2D eigenvalue weighted by Gasteiger charge is -2.34. The number of carbonyl (C=O) groups excluding carboxylic acids is 1. The average Bonchev–Trinajstić information content (AvgIpc) is 3.03. The standard InChI is InChI=1S/C22H30N4O3S/c1-18-15-19-7-6-8-20(22(19)23-16-18)30(28,29)26-13-11-24(12-14-26)17-21(27)25-9-4-2-3-5-10-25/h6-8,15-16H,2-5,9-14,17H2,1H3. The van der Waals surface area contributed by atoms with E-state index in [1.54, 1.807) is 18.3 Å². The molecular formula is C22H30N4O3S. The van der Waals surface area contributed by atoms with Gasteiger partial charge in [-0.1, -0.05) is 25.0 Å². The lowest BCUT2D eigenvalue weighted by Crippen LogP contribution is -2.51. The highest BCUT2D eigenvalue weighted by atomic mass is 32.2. The predicted octanol–water partition coefficient (Wildman–Crippen LogP) is 2.25. The molecule has 8 heteroatoms. The van der Waals surface area contributed by atoms with E-state index in [4.69, 9.17) is 0 Å². The van der Waals surface area contributed by atoms with Crippen molar-refractivity contribution in [3.63, 3.8) is 0 Å². The fourth-order valence-electron chi connectivity index (χ4n) is 4.33. The van der Waals surface area contributed by atoms with Crippen LogP contribution >= 0.6 is 0 Å². The Kier molecular flexibility index (Phi) is 6.36. The molecule has 30 heavy (non-hydrogen) atoms. The zero-order valence-corrected chi connectivity index (χ0v) is 18.4. The van der Waals surface area contributed by atoms with Crippen molar-refractivity contribution < 1.29 is 13.2 Å². The molecule has 2 aliphatic heterocycles. The smallest absolute Gasteiger partial charge is 0.245 e. The van der Waals surface area contributed by atoms with Crippen molar-refractivity contribution in [2.24, 2.45) is 0 Å². The third-order valence-corrected chi connectivity index (χ3v) is 8.01. The summed E-state index contributed by atoms with van der Waals surface area (Å²) in [5.41, 5.74) is 1.52. The van der Waals surface area contributed by atoms with Gasteiger partial charge in [0.25, 0.3) is 0 Å². The van der Waals surface area contributed by atoms with Crippen molar-refractivity contribution in [2.45, 2.75) is 37.5 Å².